The number of nitrogens with zero attached hydrogens (tertiary/aromatic N) is 2. The van der Waals surface area contributed by atoms with Gasteiger partial charge in [0.15, 0.2) is 0 Å². The SMILES string of the molecule is CC12Cc3cncn3C=C1CCCC2C=O. The molecule has 3 heteroatoms. The van der Waals surface area contributed by atoms with Crippen LogP contribution in [0.4, 0.5) is 0 Å². The lowest BCUT2D eigenvalue weighted by molar-refractivity contribution is -0.114. The van der Waals surface area contributed by atoms with Crippen molar-refractivity contribution in [1.82, 2.24) is 9.55 Å². The Morgan fingerprint density at radius 3 is 3.31 bits per heavy atom. The highest BCUT2D eigenvalue weighted by Gasteiger charge is 2.42. The van der Waals surface area contributed by atoms with E-state index in [0.717, 1.165) is 32.0 Å². The average molecular weight is 216 g/mol. The average Bonchev–Trinajstić information content (AvgIpc) is 2.70. The van der Waals surface area contributed by atoms with E-state index in [1.54, 1.807) is 0 Å². The van der Waals surface area contributed by atoms with E-state index >= 15 is 0 Å². The highest BCUT2D eigenvalue weighted by Crippen LogP contribution is 2.48. The van der Waals surface area contributed by atoms with Crippen molar-refractivity contribution in [2.24, 2.45) is 11.3 Å². The predicted octanol–water partition coefficient (Wildman–Crippen LogP) is 2.29. The summed E-state index contributed by atoms with van der Waals surface area (Å²) in [7, 11) is 0. The van der Waals surface area contributed by atoms with Gasteiger partial charge in [0.1, 0.15) is 6.29 Å². The zero-order valence-corrected chi connectivity index (χ0v) is 9.52. The lowest BCUT2D eigenvalue weighted by atomic mass is 9.62. The number of aromatic nitrogens is 2. The third-order valence-corrected chi connectivity index (χ3v) is 4.27. The fourth-order valence-electron chi connectivity index (χ4n) is 3.16. The maximum Gasteiger partial charge on any atom is 0.123 e. The molecule has 0 amide bonds. The van der Waals surface area contributed by atoms with Gasteiger partial charge in [0.25, 0.3) is 0 Å². The quantitative estimate of drug-likeness (QED) is 0.675. The van der Waals surface area contributed by atoms with Gasteiger partial charge < -0.3 is 9.36 Å². The fraction of sp³-hybridized carbons (Fsp3) is 0.538. The van der Waals surface area contributed by atoms with E-state index in [4.69, 9.17) is 0 Å². The molecule has 1 aliphatic heterocycles. The van der Waals surface area contributed by atoms with Crippen LogP contribution in [0.25, 0.3) is 6.20 Å². The smallest absolute Gasteiger partial charge is 0.123 e. The van der Waals surface area contributed by atoms with E-state index in [-0.39, 0.29) is 11.3 Å². The van der Waals surface area contributed by atoms with E-state index < -0.39 is 0 Å². The summed E-state index contributed by atoms with van der Waals surface area (Å²) in [6.45, 7) is 2.23. The second-order valence-corrected chi connectivity index (χ2v) is 5.18. The number of hydrogen-bond acceptors (Lipinski definition) is 2. The van der Waals surface area contributed by atoms with Crippen molar-refractivity contribution in [3.05, 3.63) is 23.8 Å². The Labute approximate surface area is 95.2 Å². The Morgan fingerprint density at radius 2 is 2.50 bits per heavy atom. The van der Waals surface area contributed by atoms with Gasteiger partial charge in [-0.25, -0.2) is 4.98 Å². The first-order chi connectivity index (χ1) is 7.74. The highest BCUT2D eigenvalue weighted by molar-refractivity contribution is 5.59. The van der Waals surface area contributed by atoms with Crippen molar-refractivity contribution in [3.8, 4) is 0 Å². The molecule has 0 aromatic carbocycles. The van der Waals surface area contributed by atoms with Crippen molar-refractivity contribution < 1.29 is 4.79 Å². The summed E-state index contributed by atoms with van der Waals surface area (Å²) in [5.74, 6) is 0.177. The van der Waals surface area contributed by atoms with Gasteiger partial charge in [0, 0.05) is 29.4 Å². The molecule has 0 N–H and O–H groups in total. The van der Waals surface area contributed by atoms with Crippen molar-refractivity contribution in [1.29, 1.82) is 0 Å². The summed E-state index contributed by atoms with van der Waals surface area (Å²) >= 11 is 0. The first-order valence-corrected chi connectivity index (χ1v) is 5.91. The number of hydrogen-bond donors (Lipinski definition) is 0. The molecule has 0 bridgehead atoms. The number of rotatable bonds is 1. The zero-order chi connectivity index (χ0) is 11.2. The van der Waals surface area contributed by atoms with Crippen LogP contribution in [-0.2, 0) is 11.2 Å². The van der Waals surface area contributed by atoms with Gasteiger partial charge in [-0.15, -0.1) is 0 Å². The third-order valence-electron chi connectivity index (χ3n) is 4.27. The molecule has 1 saturated carbocycles. The Kier molecular flexibility index (Phi) is 2.03. The molecule has 2 atom stereocenters. The molecular weight excluding hydrogens is 200 g/mol. The van der Waals surface area contributed by atoms with Crippen molar-refractivity contribution in [3.63, 3.8) is 0 Å². The highest BCUT2D eigenvalue weighted by atomic mass is 16.1. The summed E-state index contributed by atoms with van der Waals surface area (Å²) in [6.07, 6.45) is 11.3. The van der Waals surface area contributed by atoms with Gasteiger partial charge in [-0.1, -0.05) is 6.92 Å². The maximum atomic E-state index is 11.2. The van der Waals surface area contributed by atoms with Gasteiger partial charge in [-0.3, -0.25) is 0 Å². The number of aldehydes is 1. The fourth-order valence-corrected chi connectivity index (χ4v) is 3.16. The third kappa shape index (κ3) is 1.20. The Hall–Kier alpha value is -1.38. The van der Waals surface area contributed by atoms with Crippen LogP contribution in [0.15, 0.2) is 18.1 Å². The molecule has 0 radical (unpaired) electrons. The van der Waals surface area contributed by atoms with Crippen LogP contribution in [0, 0.1) is 11.3 Å². The van der Waals surface area contributed by atoms with E-state index in [0.29, 0.717) is 0 Å². The molecule has 84 valence electrons. The van der Waals surface area contributed by atoms with Crippen LogP contribution in [0.1, 0.15) is 31.9 Å². The van der Waals surface area contributed by atoms with E-state index in [9.17, 15) is 4.79 Å². The first kappa shape index (κ1) is 9.82. The van der Waals surface area contributed by atoms with Gasteiger partial charge in [-0.05, 0) is 31.3 Å². The largest absolute Gasteiger partial charge is 0.310 e. The summed E-state index contributed by atoms with van der Waals surface area (Å²) in [6, 6.07) is 0. The molecule has 1 aliphatic carbocycles. The molecule has 3 nitrogen and oxygen atoms in total. The molecule has 2 heterocycles. The van der Waals surface area contributed by atoms with Crippen LogP contribution in [0.2, 0.25) is 0 Å². The maximum absolute atomic E-state index is 11.2. The minimum absolute atomic E-state index is 0.0377. The molecule has 0 saturated heterocycles. The van der Waals surface area contributed by atoms with Gasteiger partial charge >= 0.3 is 0 Å². The molecule has 0 spiro atoms. The first-order valence-electron chi connectivity index (χ1n) is 5.91. The lowest BCUT2D eigenvalue weighted by Gasteiger charge is -2.43. The number of fused-ring (bicyclic) bond motifs is 2. The van der Waals surface area contributed by atoms with Gasteiger partial charge in [0.2, 0.25) is 0 Å². The van der Waals surface area contributed by atoms with E-state index in [1.807, 2.05) is 12.5 Å². The number of allylic oxidation sites excluding steroid dienone is 1. The van der Waals surface area contributed by atoms with Crippen LogP contribution >= 0.6 is 0 Å². The Balaban J connectivity index is 2.09. The second-order valence-electron chi connectivity index (χ2n) is 5.18. The van der Waals surface area contributed by atoms with Gasteiger partial charge in [-0.2, -0.15) is 0 Å². The molecule has 3 rings (SSSR count). The minimum Gasteiger partial charge on any atom is -0.310 e. The monoisotopic (exact) mass is 216 g/mol. The molecular formula is C13H16N2O. The Morgan fingerprint density at radius 1 is 1.62 bits per heavy atom. The summed E-state index contributed by atoms with van der Waals surface area (Å²) in [4.78, 5) is 15.4. The molecule has 1 aromatic rings. The zero-order valence-electron chi connectivity index (χ0n) is 9.52. The normalized spacial score (nSPS) is 32.6. The molecule has 2 aliphatic rings. The summed E-state index contributed by atoms with van der Waals surface area (Å²) < 4.78 is 2.10. The standard InChI is InChI=1S/C13H16N2O/c1-13-5-12-6-14-9-15(12)7-10(13)3-2-4-11(13)8-16/h6-9,11H,2-5H2,1H3. The van der Waals surface area contributed by atoms with E-state index in [2.05, 4.69) is 22.7 Å². The van der Waals surface area contributed by atoms with Crippen LogP contribution in [0.5, 0.6) is 0 Å². The van der Waals surface area contributed by atoms with Crippen molar-refractivity contribution in [2.45, 2.75) is 32.6 Å². The summed E-state index contributed by atoms with van der Waals surface area (Å²) in [5.41, 5.74) is 2.68. The van der Waals surface area contributed by atoms with Crippen molar-refractivity contribution in [2.75, 3.05) is 0 Å². The topological polar surface area (TPSA) is 34.9 Å². The lowest BCUT2D eigenvalue weighted by Crippen LogP contribution is -2.38. The number of carbonyl (C=O) groups is 1. The van der Waals surface area contributed by atoms with Crippen molar-refractivity contribution >= 4 is 12.5 Å². The number of carbonyl (C=O) groups excluding carboxylic acids is 1. The van der Waals surface area contributed by atoms with Gasteiger partial charge in [0.05, 0.1) is 6.33 Å². The van der Waals surface area contributed by atoms with Crippen LogP contribution in [-0.4, -0.2) is 15.8 Å². The molecule has 16 heavy (non-hydrogen) atoms. The van der Waals surface area contributed by atoms with E-state index in [1.165, 1.54) is 11.3 Å². The van der Waals surface area contributed by atoms with Crippen LogP contribution in [0.3, 0.4) is 0 Å². The molecule has 1 aromatic heterocycles. The minimum atomic E-state index is 0.0377. The van der Waals surface area contributed by atoms with Crippen LogP contribution < -0.4 is 0 Å². The Bertz CT molecular complexity index is 460. The predicted molar refractivity (Wildman–Crippen MR) is 61.7 cm³/mol. The second kappa shape index (κ2) is 3.30. The molecule has 1 fully saturated rings. The molecule has 2 unspecified atom stereocenters. The summed E-state index contributed by atoms with van der Waals surface area (Å²) in [5, 5.41) is 0. The number of imidazole rings is 1.